The highest BCUT2D eigenvalue weighted by Gasteiger charge is 2.31. The molecule has 2 aromatic carbocycles. The average Bonchev–Trinajstić information content (AvgIpc) is 3.12. The molecule has 12 heteroatoms. The Morgan fingerprint density at radius 2 is 1.91 bits per heavy atom. The number of H-pyrrole nitrogens is 1. The van der Waals surface area contributed by atoms with Crippen molar-refractivity contribution in [1.82, 2.24) is 19.7 Å². The number of aryl methyl sites for hydroxylation is 1. The predicted molar refractivity (Wildman–Crippen MR) is 122 cm³/mol. The summed E-state index contributed by atoms with van der Waals surface area (Å²) in [5.41, 5.74) is 2.19. The molecule has 0 aliphatic carbocycles. The summed E-state index contributed by atoms with van der Waals surface area (Å²) in [7, 11) is 1.48. The fourth-order valence-electron chi connectivity index (χ4n) is 3.17. The first-order chi connectivity index (χ1) is 16.0. The molecule has 0 aliphatic heterocycles. The van der Waals surface area contributed by atoms with E-state index in [1.54, 1.807) is 4.57 Å². The number of halogens is 3. The summed E-state index contributed by atoms with van der Waals surface area (Å²) < 4.78 is 42.6. The van der Waals surface area contributed by atoms with Crippen LogP contribution in [0.15, 0.2) is 48.5 Å². The van der Waals surface area contributed by atoms with Crippen molar-refractivity contribution in [2.24, 2.45) is 0 Å². The number of hydrogen-bond donors (Lipinski definition) is 2. The molecular weight excluding hydrogens is 471 g/mol. The Morgan fingerprint density at radius 3 is 2.56 bits per heavy atom. The normalized spacial score (nSPS) is 11.2. The van der Waals surface area contributed by atoms with Gasteiger partial charge in [-0.05, 0) is 49.5 Å². The van der Waals surface area contributed by atoms with E-state index in [2.05, 4.69) is 20.3 Å². The topological polar surface area (TPSA) is 92.3 Å². The van der Waals surface area contributed by atoms with Crippen LogP contribution in [-0.4, -0.2) is 51.4 Å². The minimum absolute atomic E-state index is 0.0832. The summed E-state index contributed by atoms with van der Waals surface area (Å²) >= 11 is 5.29. The summed E-state index contributed by atoms with van der Waals surface area (Å²) in [4.78, 5) is 26.1. The van der Waals surface area contributed by atoms with Crippen molar-refractivity contribution in [3.63, 3.8) is 0 Å². The van der Waals surface area contributed by atoms with E-state index in [1.165, 1.54) is 24.1 Å². The third kappa shape index (κ3) is 6.91. The molecule has 3 rings (SSSR count). The van der Waals surface area contributed by atoms with Crippen molar-refractivity contribution >= 4 is 29.7 Å². The number of carbonyl (C=O) groups excluding carboxylic acids is 2. The SMILES string of the molecule is Cc1cccc(-c2n[nH]c(=S)n2CCC(=O)N(C)CC(=O)Nc2ccc(OC(F)(F)F)cc2)c1. The van der Waals surface area contributed by atoms with Crippen LogP contribution < -0.4 is 10.1 Å². The lowest BCUT2D eigenvalue weighted by molar-refractivity contribution is -0.274. The van der Waals surface area contributed by atoms with Crippen molar-refractivity contribution in [3.8, 4) is 17.1 Å². The van der Waals surface area contributed by atoms with E-state index in [-0.39, 0.29) is 31.1 Å². The quantitative estimate of drug-likeness (QED) is 0.457. The Hall–Kier alpha value is -3.67. The number of nitrogens with one attached hydrogen (secondary N) is 2. The molecule has 8 nitrogen and oxygen atoms in total. The van der Waals surface area contributed by atoms with E-state index < -0.39 is 18.0 Å². The molecule has 1 aromatic heterocycles. The van der Waals surface area contributed by atoms with Crippen molar-refractivity contribution in [2.45, 2.75) is 26.3 Å². The largest absolute Gasteiger partial charge is 0.573 e. The lowest BCUT2D eigenvalue weighted by atomic mass is 10.1. The molecule has 0 saturated carbocycles. The maximum atomic E-state index is 12.6. The number of anilines is 1. The van der Waals surface area contributed by atoms with Crippen LogP contribution in [0.1, 0.15) is 12.0 Å². The highest BCUT2D eigenvalue weighted by Crippen LogP contribution is 2.24. The number of amides is 2. The summed E-state index contributed by atoms with van der Waals surface area (Å²) in [5, 5.41) is 9.52. The molecule has 180 valence electrons. The van der Waals surface area contributed by atoms with Gasteiger partial charge < -0.3 is 15.0 Å². The van der Waals surface area contributed by atoms with Crippen LogP contribution in [0.25, 0.3) is 11.4 Å². The summed E-state index contributed by atoms with van der Waals surface area (Å²) in [6.07, 6.45) is -4.71. The average molecular weight is 494 g/mol. The fraction of sp³-hybridized carbons (Fsp3) is 0.273. The van der Waals surface area contributed by atoms with Crippen LogP contribution in [0.4, 0.5) is 18.9 Å². The first-order valence-corrected chi connectivity index (χ1v) is 10.5. The van der Waals surface area contributed by atoms with E-state index in [0.29, 0.717) is 10.6 Å². The second-order valence-electron chi connectivity index (χ2n) is 7.49. The van der Waals surface area contributed by atoms with Crippen LogP contribution in [0.3, 0.4) is 0 Å². The van der Waals surface area contributed by atoms with Crippen LogP contribution in [0.5, 0.6) is 5.75 Å². The minimum atomic E-state index is -4.80. The van der Waals surface area contributed by atoms with Gasteiger partial charge in [0.25, 0.3) is 0 Å². The Kier molecular flexibility index (Phi) is 7.72. The first kappa shape index (κ1) is 25.0. The zero-order valence-electron chi connectivity index (χ0n) is 18.3. The molecule has 3 aromatic rings. The van der Waals surface area contributed by atoms with E-state index in [9.17, 15) is 22.8 Å². The van der Waals surface area contributed by atoms with Gasteiger partial charge >= 0.3 is 6.36 Å². The van der Waals surface area contributed by atoms with E-state index >= 15 is 0 Å². The van der Waals surface area contributed by atoms with E-state index in [0.717, 1.165) is 23.3 Å². The highest BCUT2D eigenvalue weighted by molar-refractivity contribution is 7.71. The molecule has 0 spiro atoms. The number of likely N-dealkylation sites (N-methyl/N-ethyl adjacent to an activating group) is 1. The Balaban J connectivity index is 1.54. The zero-order valence-corrected chi connectivity index (χ0v) is 19.2. The monoisotopic (exact) mass is 493 g/mol. The van der Waals surface area contributed by atoms with Gasteiger partial charge in [-0.3, -0.25) is 19.3 Å². The molecule has 0 saturated heterocycles. The number of rotatable bonds is 8. The zero-order chi connectivity index (χ0) is 24.9. The number of hydrogen-bond acceptors (Lipinski definition) is 5. The first-order valence-electron chi connectivity index (χ1n) is 10.1. The fourth-order valence-corrected chi connectivity index (χ4v) is 3.40. The third-order valence-corrected chi connectivity index (χ3v) is 5.07. The predicted octanol–water partition coefficient (Wildman–Crippen LogP) is 4.30. The van der Waals surface area contributed by atoms with Crippen molar-refractivity contribution < 1.29 is 27.5 Å². The molecular formula is C22H22F3N5O3S. The van der Waals surface area contributed by atoms with Crippen molar-refractivity contribution in [3.05, 3.63) is 58.9 Å². The molecule has 0 aliphatic rings. The number of aromatic nitrogens is 3. The Bertz CT molecular complexity index is 1220. The summed E-state index contributed by atoms with van der Waals surface area (Å²) in [6, 6.07) is 12.4. The van der Waals surface area contributed by atoms with E-state index in [1.807, 2.05) is 31.2 Å². The van der Waals surface area contributed by atoms with Gasteiger partial charge in [-0.25, -0.2) is 0 Å². The van der Waals surface area contributed by atoms with Crippen LogP contribution in [0.2, 0.25) is 0 Å². The number of alkyl halides is 3. The molecule has 2 amide bonds. The number of ether oxygens (including phenoxy) is 1. The smallest absolute Gasteiger partial charge is 0.406 e. The lowest BCUT2D eigenvalue weighted by Crippen LogP contribution is -2.35. The van der Waals surface area contributed by atoms with Crippen LogP contribution in [-0.2, 0) is 16.1 Å². The molecule has 2 N–H and O–H groups in total. The maximum Gasteiger partial charge on any atom is 0.573 e. The molecule has 0 radical (unpaired) electrons. The Morgan fingerprint density at radius 1 is 1.21 bits per heavy atom. The summed E-state index contributed by atoms with van der Waals surface area (Å²) in [5.74, 6) is -0.580. The molecule has 0 unspecified atom stereocenters. The number of carbonyl (C=O) groups is 2. The lowest BCUT2D eigenvalue weighted by Gasteiger charge is -2.17. The Labute approximate surface area is 198 Å². The van der Waals surface area contributed by atoms with Crippen molar-refractivity contribution in [1.29, 1.82) is 0 Å². The van der Waals surface area contributed by atoms with Gasteiger partial charge in [0, 0.05) is 31.3 Å². The molecule has 0 atom stereocenters. The van der Waals surface area contributed by atoms with Gasteiger partial charge in [0.15, 0.2) is 10.6 Å². The van der Waals surface area contributed by atoms with Gasteiger partial charge in [0.05, 0.1) is 6.54 Å². The maximum absolute atomic E-state index is 12.6. The molecule has 0 fully saturated rings. The molecule has 0 bridgehead atoms. The minimum Gasteiger partial charge on any atom is -0.406 e. The van der Waals surface area contributed by atoms with Gasteiger partial charge in [-0.1, -0.05) is 23.8 Å². The highest BCUT2D eigenvalue weighted by atomic mass is 32.1. The van der Waals surface area contributed by atoms with Gasteiger partial charge in [0.1, 0.15) is 5.75 Å². The van der Waals surface area contributed by atoms with Gasteiger partial charge in [-0.2, -0.15) is 5.10 Å². The van der Waals surface area contributed by atoms with Crippen LogP contribution >= 0.6 is 12.2 Å². The molecule has 1 heterocycles. The number of aromatic amines is 1. The summed E-state index contributed by atoms with van der Waals surface area (Å²) in [6.45, 7) is 1.99. The van der Waals surface area contributed by atoms with Crippen LogP contribution in [0, 0.1) is 11.7 Å². The number of nitrogens with zero attached hydrogens (tertiary/aromatic N) is 3. The third-order valence-electron chi connectivity index (χ3n) is 4.76. The second-order valence-corrected chi connectivity index (χ2v) is 7.88. The van der Waals surface area contributed by atoms with Crippen molar-refractivity contribution in [2.75, 3.05) is 18.9 Å². The number of benzene rings is 2. The van der Waals surface area contributed by atoms with E-state index in [4.69, 9.17) is 12.2 Å². The second kappa shape index (κ2) is 10.5. The standard InChI is InChI=1S/C22H22F3N5O3S/c1-14-4-3-5-15(12-14)20-27-28-21(34)30(20)11-10-19(32)29(2)13-18(31)26-16-6-8-17(9-7-16)33-22(23,24)25/h3-9,12H,10-11,13H2,1-2H3,(H,26,31)(H,28,34). The van der Waals surface area contributed by atoms with Gasteiger partial charge in [0.2, 0.25) is 11.8 Å². The van der Waals surface area contributed by atoms with Gasteiger partial charge in [-0.15, -0.1) is 13.2 Å². The molecule has 34 heavy (non-hydrogen) atoms.